The van der Waals surface area contributed by atoms with Crippen LogP contribution in [0.2, 0.25) is 10.0 Å². The van der Waals surface area contributed by atoms with Gasteiger partial charge in [-0.1, -0.05) is 42.3 Å². The molecule has 34 heavy (non-hydrogen) atoms. The fourth-order valence-electron chi connectivity index (χ4n) is 5.45. The molecular formula is C26H37Cl2N5O. The van der Waals surface area contributed by atoms with Gasteiger partial charge in [-0.05, 0) is 43.0 Å². The predicted molar refractivity (Wildman–Crippen MR) is 142 cm³/mol. The normalized spacial score (nSPS) is 21.6. The topological polar surface area (TPSA) is 46.1 Å². The number of rotatable bonds is 7. The summed E-state index contributed by atoms with van der Waals surface area (Å²) in [5.74, 6) is 0.897. The quantitative estimate of drug-likeness (QED) is 0.595. The van der Waals surface area contributed by atoms with Crippen LogP contribution in [-0.2, 0) is 0 Å². The smallest absolute Gasteiger partial charge is 0.147 e. The molecule has 2 atom stereocenters. The van der Waals surface area contributed by atoms with E-state index in [1.54, 1.807) is 0 Å². The summed E-state index contributed by atoms with van der Waals surface area (Å²) >= 11 is 12.7. The molecule has 2 aliphatic rings. The van der Waals surface area contributed by atoms with Crippen molar-refractivity contribution in [3.63, 3.8) is 0 Å². The lowest BCUT2D eigenvalue weighted by molar-refractivity contribution is 0.0356. The van der Waals surface area contributed by atoms with E-state index in [2.05, 4.69) is 21.6 Å². The molecule has 186 valence electrons. The molecule has 2 fully saturated rings. The highest BCUT2D eigenvalue weighted by atomic mass is 35.5. The van der Waals surface area contributed by atoms with E-state index in [4.69, 9.17) is 28.2 Å². The summed E-state index contributed by atoms with van der Waals surface area (Å²) in [5, 5.41) is 11.5. The lowest BCUT2D eigenvalue weighted by Gasteiger charge is -2.48. The number of halogens is 2. The third kappa shape index (κ3) is 5.63. The third-order valence-electron chi connectivity index (χ3n) is 7.46. The van der Waals surface area contributed by atoms with Crippen molar-refractivity contribution in [2.45, 2.75) is 44.3 Å². The minimum atomic E-state index is 0.0374. The Balaban J connectivity index is 1.37. The molecule has 0 aliphatic carbocycles. The van der Waals surface area contributed by atoms with E-state index in [0.717, 1.165) is 79.1 Å². The summed E-state index contributed by atoms with van der Waals surface area (Å²) in [4.78, 5) is 14.2. The third-order valence-corrected chi connectivity index (χ3v) is 7.99. The summed E-state index contributed by atoms with van der Waals surface area (Å²) in [6, 6.07) is 11.0. The van der Waals surface area contributed by atoms with Crippen LogP contribution in [0.3, 0.4) is 0 Å². The highest BCUT2D eigenvalue weighted by Crippen LogP contribution is 2.32. The van der Waals surface area contributed by atoms with Crippen LogP contribution in [0.4, 0.5) is 11.5 Å². The lowest BCUT2D eigenvalue weighted by Crippen LogP contribution is -2.58. The van der Waals surface area contributed by atoms with Gasteiger partial charge in [0.15, 0.2) is 0 Å². The van der Waals surface area contributed by atoms with Gasteiger partial charge in [0.1, 0.15) is 5.82 Å². The van der Waals surface area contributed by atoms with Crippen molar-refractivity contribution in [1.82, 2.24) is 14.8 Å². The van der Waals surface area contributed by atoms with Crippen molar-refractivity contribution in [3.8, 4) is 0 Å². The number of benzene rings is 1. The Morgan fingerprint density at radius 3 is 2.38 bits per heavy atom. The summed E-state index contributed by atoms with van der Waals surface area (Å²) in [5.41, 5.74) is 2.15. The SMILES string of the molecule is CC[C@H]1CN(c2ncc(N(C)C)cc2Cl)CCN1C1CCN([C@H](CO)c2ccc(Cl)cc2)CC1. The van der Waals surface area contributed by atoms with Gasteiger partial charge in [0.05, 0.1) is 29.6 Å². The number of nitrogens with zero attached hydrogens (tertiary/aromatic N) is 5. The van der Waals surface area contributed by atoms with Crippen molar-refractivity contribution in [2.24, 2.45) is 0 Å². The number of likely N-dealkylation sites (tertiary alicyclic amines) is 1. The van der Waals surface area contributed by atoms with Crippen molar-refractivity contribution in [2.75, 3.05) is 63.2 Å². The fourth-order valence-corrected chi connectivity index (χ4v) is 5.86. The zero-order valence-corrected chi connectivity index (χ0v) is 22.0. The number of anilines is 2. The number of aliphatic hydroxyl groups excluding tert-OH is 1. The van der Waals surface area contributed by atoms with Crippen molar-refractivity contribution in [3.05, 3.63) is 52.1 Å². The molecule has 6 nitrogen and oxygen atoms in total. The van der Waals surface area contributed by atoms with Crippen molar-refractivity contribution < 1.29 is 5.11 Å². The van der Waals surface area contributed by atoms with Gasteiger partial charge in [0.2, 0.25) is 0 Å². The van der Waals surface area contributed by atoms with Crippen LogP contribution in [0.25, 0.3) is 0 Å². The van der Waals surface area contributed by atoms with E-state index >= 15 is 0 Å². The summed E-state index contributed by atoms with van der Waals surface area (Å²) in [6.07, 6.45) is 5.25. The lowest BCUT2D eigenvalue weighted by atomic mass is 9.96. The molecule has 0 amide bonds. The van der Waals surface area contributed by atoms with Crippen LogP contribution in [0.15, 0.2) is 36.5 Å². The Morgan fingerprint density at radius 2 is 1.79 bits per heavy atom. The largest absolute Gasteiger partial charge is 0.394 e. The first-order valence-electron chi connectivity index (χ1n) is 12.3. The maximum absolute atomic E-state index is 10.1. The minimum absolute atomic E-state index is 0.0374. The second-order valence-electron chi connectivity index (χ2n) is 9.66. The first-order chi connectivity index (χ1) is 16.4. The summed E-state index contributed by atoms with van der Waals surface area (Å²) in [6.45, 7) is 7.32. The molecule has 1 aromatic carbocycles. The molecule has 2 saturated heterocycles. The molecule has 4 rings (SSSR count). The van der Waals surface area contributed by atoms with Crippen molar-refractivity contribution >= 4 is 34.7 Å². The average Bonchev–Trinajstić information content (AvgIpc) is 2.85. The van der Waals surface area contributed by atoms with Gasteiger partial charge in [0, 0.05) is 63.9 Å². The van der Waals surface area contributed by atoms with E-state index < -0.39 is 0 Å². The Labute approximate surface area is 214 Å². The van der Waals surface area contributed by atoms with E-state index in [0.29, 0.717) is 12.1 Å². The van der Waals surface area contributed by atoms with E-state index in [1.807, 2.05) is 55.5 Å². The molecule has 0 bridgehead atoms. The van der Waals surface area contributed by atoms with Gasteiger partial charge < -0.3 is 14.9 Å². The zero-order valence-electron chi connectivity index (χ0n) is 20.5. The van der Waals surface area contributed by atoms with E-state index in [-0.39, 0.29) is 12.6 Å². The van der Waals surface area contributed by atoms with E-state index in [1.165, 1.54) is 0 Å². The van der Waals surface area contributed by atoms with Crippen LogP contribution in [-0.4, -0.2) is 85.4 Å². The van der Waals surface area contributed by atoms with Gasteiger partial charge in [-0.2, -0.15) is 0 Å². The fraction of sp³-hybridized carbons (Fsp3) is 0.577. The number of hydrogen-bond donors (Lipinski definition) is 1. The van der Waals surface area contributed by atoms with Crippen LogP contribution < -0.4 is 9.80 Å². The maximum atomic E-state index is 10.1. The van der Waals surface area contributed by atoms with E-state index in [9.17, 15) is 5.11 Å². The van der Waals surface area contributed by atoms with Crippen LogP contribution in [0.1, 0.15) is 37.8 Å². The number of aromatic nitrogens is 1. The molecule has 3 heterocycles. The highest BCUT2D eigenvalue weighted by molar-refractivity contribution is 6.33. The Kier molecular flexibility index (Phi) is 8.59. The molecule has 0 unspecified atom stereocenters. The number of piperazine rings is 1. The molecular weight excluding hydrogens is 469 g/mol. The van der Waals surface area contributed by atoms with Gasteiger partial charge in [0.25, 0.3) is 0 Å². The molecule has 1 N–H and O–H groups in total. The van der Waals surface area contributed by atoms with Crippen molar-refractivity contribution in [1.29, 1.82) is 0 Å². The molecule has 0 radical (unpaired) electrons. The Hall–Kier alpha value is -1.57. The second-order valence-corrected chi connectivity index (χ2v) is 10.5. The zero-order chi connectivity index (χ0) is 24.2. The standard InChI is InChI=1S/C26H37Cl2N5O/c1-4-21-17-32(26-24(28)15-23(16-29-26)30(2)3)13-14-33(21)22-9-11-31(12-10-22)25(18-34)19-5-7-20(27)8-6-19/h5-8,15-16,21-22,25,34H,4,9-14,17-18H2,1-3H3/t21-,25+/m0/s1. The van der Waals surface area contributed by atoms with Gasteiger partial charge in [-0.25, -0.2) is 4.98 Å². The number of hydrogen-bond acceptors (Lipinski definition) is 6. The molecule has 2 aliphatic heterocycles. The Bertz CT molecular complexity index is 933. The van der Waals surface area contributed by atoms with Gasteiger partial charge >= 0.3 is 0 Å². The number of aliphatic hydroxyl groups is 1. The minimum Gasteiger partial charge on any atom is -0.394 e. The highest BCUT2D eigenvalue weighted by Gasteiger charge is 2.35. The molecule has 8 heteroatoms. The van der Waals surface area contributed by atoms with Crippen LogP contribution in [0.5, 0.6) is 0 Å². The van der Waals surface area contributed by atoms with Crippen LogP contribution in [0, 0.1) is 0 Å². The first kappa shape index (κ1) is 25.5. The van der Waals surface area contributed by atoms with Gasteiger partial charge in [-0.15, -0.1) is 0 Å². The maximum Gasteiger partial charge on any atom is 0.147 e. The average molecular weight is 507 g/mol. The van der Waals surface area contributed by atoms with Crippen LogP contribution >= 0.6 is 23.2 Å². The summed E-state index contributed by atoms with van der Waals surface area (Å²) < 4.78 is 0. The molecule has 1 aromatic heterocycles. The molecule has 0 spiro atoms. The second kappa shape index (κ2) is 11.4. The predicted octanol–water partition coefficient (Wildman–Crippen LogP) is 4.55. The molecule has 0 saturated carbocycles. The number of pyridine rings is 1. The number of piperidine rings is 1. The van der Waals surface area contributed by atoms with Gasteiger partial charge in [-0.3, -0.25) is 9.80 Å². The monoisotopic (exact) mass is 505 g/mol. The molecule has 2 aromatic rings. The first-order valence-corrected chi connectivity index (χ1v) is 13.1. The Morgan fingerprint density at radius 1 is 1.09 bits per heavy atom. The summed E-state index contributed by atoms with van der Waals surface area (Å²) in [7, 11) is 4.00.